The number of carbonyl (C=O) groups excluding carboxylic acids is 3. The lowest BCUT2D eigenvalue weighted by atomic mass is 9.97. The molecule has 0 spiro atoms. The van der Waals surface area contributed by atoms with E-state index in [0.29, 0.717) is 36.4 Å². The highest BCUT2D eigenvalue weighted by molar-refractivity contribution is 7.80. The molecule has 1 fully saturated rings. The first-order valence-corrected chi connectivity index (χ1v) is 12.6. The Kier molecular flexibility index (Phi) is 9.54. The Hall–Kier alpha value is -2.62. The molecule has 1 aromatic carbocycles. The molecule has 8 nitrogen and oxygen atoms in total. The Bertz CT molecular complexity index is 1050. The normalized spacial score (nSPS) is 18.0. The summed E-state index contributed by atoms with van der Waals surface area (Å²) in [6.45, 7) is 4.57. The van der Waals surface area contributed by atoms with Gasteiger partial charge < -0.3 is 21.7 Å². The third-order valence-electron chi connectivity index (χ3n) is 5.96. The van der Waals surface area contributed by atoms with Gasteiger partial charge >= 0.3 is 0 Å². The third kappa shape index (κ3) is 7.68. The Morgan fingerprint density at radius 2 is 1.91 bits per heavy atom. The molecule has 3 rings (SSSR count). The summed E-state index contributed by atoms with van der Waals surface area (Å²) in [5.41, 5.74) is 8.13. The van der Waals surface area contributed by atoms with Gasteiger partial charge in [0.2, 0.25) is 11.8 Å². The lowest BCUT2D eigenvalue weighted by molar-refractivity contribution is -0.126. The largest absolute Gasteiger partial charge is 0.356 e. The summed E-state index contributed by atoms with van der Waals surface area (Å²) in [5, 5.41) is 8.44. The monoisotopic (exact) mass is 517 g/mol. The van der Waals surface area contributed by atoms with Gasteiger partial charge in [0.25, 0.3) is 5.91 Å². The van der Waals surface area contributed by atoms with Crippen LogP contribution < -0.4 is 21.7 Å². The zero-order valence-electron chi connectivity index (χ0n) is 19.8. The van der Waals surface area contributed by atoms with E-state index in [4.69, 9.17) is 17.3 Å². The molecule has 1 aliphatic heterocycles. The average molecular weight is 518 g/mol. The maximum Gasteiger partial charge on any atom is 0.251 e. The molecule has 0 bridgehead atoms. The molecule has 2 aromatic rings. The van der Waals surface area contributed by atoms with Gasteiger partial charge in [0, 0.05) is 36.0 Å². The second kappa shape index (κ2) is 12.4. The van der Waals surface area contributed by atoms with Crippen LogP contribution in [0.4, 0.5) is 0 Å². The molecular weight excluding hydrogens is 486 g/mol. The Morgan fingerprint density at radius 1 is 1.20 bits per heavy atom. The molecule has 1 aromatic heterocycles. The summed E-state index contributed by atoms with van der Waals surface area (Å²) in [7, 11) is 0. The van der Waals surface area contributed by atoms with E-state index in [9.17, 15) is 14.4 Å². The number of benzene rings is 1. The van der Waals surface area contributed by atoms with Crippen LogP contribution in [0.15, 0.2) is 42.7 Å². The van der Waals surface area contributed by atoms with E-state index >= 15 is 0 Å². The summed E-state index contributed by atoms with van der Waals surface area (Å²) < 4.78 is 0. The van der Waals surface area contributed by atoms with E-state index in [1.165, 1.54) is 0 Å². The van der Waals surface area contributed by atoms with Crippen LogP contribution in [0, 0.1) is 11.8 Å². The zero-order chi connectivity index (χ0) is 25.5. The fraction of sp³-hybridized carbons (Fsp3) is 0.440. The highest BCUT2D eigenvalue weighted by Gasteiger charge is 2.32. The Morgan fingerprint density at radius 3 is 2.49 bits per heavy atom. The Labute approximate surface area is 216 Å². The quantitative estimate of drug-likeness (QED) is 0.245. The van der Waals surface area contributed by atoms with E-state index in [-0.39, 0.29) is 29.6 Å². The lowest BCUT2D eigenvalue weighted by Crippen LogP contribution is -2.54. The van der Waals surface area contributed by atoms with Crippen molar-refractivity contribution in [3.63, 3.8) is 0 Å². The number of thiol groups is 1. The van der Waals surface area contributed by atoms with Gasteiger partial charge in [-0.25, -0.2) is 0 Å². The predicted molar refractivity (Wildman–Crippen MR) is 140 cm³/mol. The van der Waals surface area contributed by atoms with Crippen molar-refractivity contribution in [3.05, 3.63) is 53.3 Å². The van der Waals surface area contributed by atoms with Crippen LogP contribution in [-0.2, 0) is 9.59 Å². The lowest BCUT2D eigenvalue weighted by Gasteiger charge is -2.27. The van der Waals surface area contributed by atoms with Gasteiger partial charge in [-0.05, 0) is 48.9 Å². The molecule has 2 heterocycles. The number of amides is 3. The molecule has 1 aliphatic rings. The van der Waals surface area contributed by atoms with Gasteiger partial charge in [0.1, 0.15) is 6.04 Å². The average Bonchev–Trinajstić information content (AvgIpc) is 3.22. The predicted octanol–water partition coefficient (Wildman–Crippen LogP) is 2.77. The molecule has 0 aliphatic carbocycles. The number of rotatable bonds is 10. The number of nitrogens with two attached hydrogens (primary N) is 1. The van der Waals surface area contributed by atoms with Crippen molar-refractivity contribution in [1.82, 2.24) is 20.9 Å². The topological polar surface area (TPSA) is 126 Å². The smallest absolute Gasteiger partial charge is 0.251 e. The van der Waals surface area contributed by atoms with Crippen molar-refractivity contribution < 1.29 is 14.4 Å². The van der Waals surface area contributed by atoms with Crippen LogP contribution in [0.5, 0.6) is 0 Å². The van der Waals surface area contributed by atoms with E-state index in [0.717, 1.165) is 11.1 Å². The number of nitrogens with zero attached hydrogens (tertiary/aromatic N) is 1. The first-order chi connectivity index (χ1) is 16.6. The molecule has 3 amide bonds. The van der Waals surface area contributed by atoms with Crippen LogP contribution in [0.3, 0.4) is 0 Å². The highest BCUT2D eigenvalue weighted by atomic mass is 35.5. The number of hydrogen-bond donors (Lipinski definition) is 5. The SMILES string of the molecule is CC(C)C[C@H](NC(=O)c1ccc(-c2cncc(Cl)c2)cc1)C(=O)N[C@@H](C[C@@H]1CCNC1=O)C(N)S. The van der Waals surface area contributed by atoms with Crippen LogP contribution >= 0.6 is 24.2 Å². The molecule has 0 radical (unpaired) electrons. The van der Waals surface area contributed by atoms with Crippen molar-refractivity contribution >= 4 is 42.0 Å². The number of pyridine rings is 1. The first kappa shape index (κ1) is 27.0. The van der Waals surface area contributed by atoms with Gasteiger partial charge in [0.15, 0.2) is 0 Å². The van der Waals surface area contributed by atoms with Crippen LogP contribution in [0.2, 0.25) is 5.02 Å². The molecule has 35 heavy (non-hydrogen) atoms. The van der Waals surface area contributed by atoms with Gasteiger partial charge in [-0.15, -0.1) is 0 Å². The van der Waals surface area contributed by atoms with E-state index in [2.05, 4.69) is 33.6 Å². The first-order valence-electron chi connectivity index (χ1n) is 11.7. The minimum absolute atomic E-state index is 0.0396. The molecular formula is C25H32ClN5O3S. The highest BCUT2D eigenvalue weighted by Crippen LogP contribution is 2.22. The van der Waals surface area contributed by atoms with Crippen LogP contribution in [-0.4, -0.2) is 46.7 Å². The fourth-order valence-corrected chi connectivity index (χ4v) is 4.44. The molecule has 10 heteroatoms. The van der Waals surface area contributed by atoms with Crippen LogP contribution in [0.1, 0.15) is 43.5 Å². The maximum atomic E-state index is 13.2. The second-order valence-corrected chi connectivity index (χ2v) is 10.3. The van der Waals surface area contributed by atoms with Crippen molar-refractivity contribution in [2.45, 2.75) is 50.6 Å². The Balaban J connectivity index is 1.68. The zero-order valence-corrected chi connectivity index (χ0v) is 21.5. The van der Waals surface area contributed by atoms with Gasteiger partial charge in [-0.3, -0.25) is 19.4 Å². The third-order valence-corrected chi connectivity index (χ3v) is 6.52. The van der Waals surface area contributed by atoms with E-state index in [1.807, 2.05) is 26.0 Å². The minimum atomic E-state index is -0.758. The summed E-state index contributed by atoms with van der Waals surface area (Å²) in [5.74, 6) is -0.801. The molecule has 4 atom stereocenters. The summed E-state index contributed by atoms with van der Waals surface area (Å²) >= 11 is 10.3. The minimum Gasteiger partial charge on any atom is -0.356 e. The van der Waals surface area contributed by atoms with Crippen LogP contribution in [0.25, 0.3) is 11.1 Å². The molecule has 0 saturated carbocycles. The fourth-order valence-electron chi connectivity index (χ4n) is 4.07. The molecule has 188 valence electrons. The van der Waals surface area contributed by atoms with Crippen molar-refractivity contribution in [3.8, 4) is 11.1 Å². The number of hydrogen-bond acceptors (Lipinski definition) is 6. The molecule has 1 saturated heterocycles. The number of carbonyl (C=O) groups is 3. The second-order valence-electron chi connectivity index (χ2n) is 9.24. The van der Waals surface area contributed by atoms with Gasteiger partial charge in [0.05, 0.1) is 16.4 Å². The number of nitrogens with one attached hydrogen (secondary N) is 3. The summed E-state index contributed by atoms with van der Waals surface area (Å²) in [6.07, 6.45) is 4.79. The van der Waals surface area contributed by atoms with E-state index in [1.54, 1.807) is 30.6 Å². The standard InChI is InChI=1S/C25H32ClN5O3S/c1-14(2)9-21(25(34)30-20(22(27)35)11-17-7-8-29-23(17)32)31-24(33)16-5-3-15(4-6-16)18-10-19(26)13-28-12-18/h3-6,10,12-14,17,20-22,35H,7-9,11,27H2,1-2H3,(H,29,32)(H,30,34)(H,31,33)/t17-,20-,21-,22?/m0/s1. The van der Waals surface area contributed by atoms with Gasteiger partial charge in [-0.1, -0.05) is 37.6 Å². The van der Waals surface area contributed by atoms with E-state index < -0.39 is 17.5 Å². The van der Waals surface area contributed by atoms with Crippen molar-refractivity contribution in [1.29, 1.82) is 0 Å². The maximum absolute atomic E-state index is 13.2. The number of aromatic nitrogens is 1. The van der Waals surface area contributed by atoms with Crippen molar-refractivity contribution in [2.24, 2.45) is 17.6 Å². The molecule has 5 N–H and O–H groups in total. The molecule has 1 unspecified atom stereocenters. The summed E-state index contributed by atoms with van der Waals surface area (Å²) in [6, 6.07) is 7.54. The number of halogens is 1. The summed E-state index contributed by atoms with van der Waals surface area (Å²) in [4.78, 5) is 42.2. The van der Waals surface area contributed by atoms with Gasteiger partial charge in [-0.2, -0.15) is 12.6 Å². The van der Waals surface area contributed by atoms with Crippen molar-refractivity contribution in [2.75, 3.05) is 6.54 Å².